The Hall–Kier alpha value is -1.39. The Morgan fingerprint density at radius 1 is 1.33 bits per heavy atom. The second-order valence-corrected chi connectivity index (χ2v) is 3.12. The first kappa shape index (κ1) is 11.7. The number of nitrogens with one attached hydrogen (secondary N) is 1. The summed E-state index contributed by atoms with van der Waals surface area (Å²) < 4.78 is 0. The number of carbonyl (C=O) groups is 2. The molecule has 0 unspecified atom stereocenters. The van der Waals surface area contributed by atoms with Crippen LogP contribution in [0, 0.1) is 0 Å². The third kappa shape index (κ3) is 3.04. The van der Waals surface area contributed by atoms with Crippen LogP contribution < -0.4 is 11.1 Å². The summed E-state index contributed by atoms with van der Waals surface area (Å²) >= 11 is 5.35. The van der Waals surface area contributed by atoms with Crippen molar-refractivity contribution in [1.29, 1.82) is 0 Å². The van der Waals surface area contributed by atoms with Gasteiger partial charge in [0.2, 0.25) is 5.91 Å². The molecule has 5 heteroatoms. The van der Waals surface area contributed by atoms with Gasteiger partial charge in [-0.2, -0.15) is 0 Å². The van der Waals surface area contributed by atoms with Gasteiger partial charge in [0.05, 0.1) is 12.2 Å². The number of halogens is 1. The van der Waals surface area contributed by atoms with Crippen LogP contribution in [0.2, 0.25) is 0 Å². The molecule has 1 rings (SSSR count). The molecule has 0 radical (unpaired) electrons. The van der Waals surface area contributed by atoms with Gasteiger partial charge in [-0.3, -0.25) is 9.59 Å². The molecule has 0 saturated heterocycles. The molecule has 4 nitrogen and oxygen atoms in total. The molecule has 1 amide bonds. The summed E-state index contributed by atoms with van der Waals surface area (Å²) in [5, 5.41) is 2.53. The molecule has 0 aliphatic carbocycles. The fourth-order valence-corrected chi connectivity index (χ4v) is 1.20. The molecule has 0 aliphatic rings. The van der Waals surface area contributed by atoms with E-state index < -0.39 is 0 Å². The van der Waals surface area contributed by atoms with Crippen LogP contribution in [-0.4, -0.2) is 24.1 Å². The number of hydrogen-bond acceptors (Lipinski definition) is 3. The Morgan fingerprint density at radius 2 is 2.00 bits per heavy atom. The number of amides is 1. The first-order valence-electron chi connectivity index (χ1n) is 4.37. The van der Waals surface area contributed by atoms with E-state index in [-0.39, 0.29) is 24.1 Å². The van der Waals surface area contributed by atoms with E-state index in [1.807, 2.05) is 0 Å². The molecule has 15 heavy (non-hydrogen) atoms. The highest BCUT2D eigenvalue weighted by atomic mass is 35.5. The van der Waals surface area contributed by atoms with Crippen molar-refractivity contribution in [3.8, 4) is 0 Å². The van der Waals surface area contributed by atoms with Gasteiger partial charge in [0, 0.05) is 5.56 Å². The quantitative estimate of drug-likeness (QED) is 0.595. The molecular weight excluding hydrogens is 216 g/mol. The minimum atomic E-state index is -0.353. The molecule has 80 valence electrons. The van der Waals surface area contributed by atoms with Crippen LogP contribution in [-0.2, 0) is 4.79 Å². The summed E-state index contributed by atoms with van der Waals surface area (Å²) in [5.41, 5.74) is 6.09. The fourth-order valence-electron chi connectivity index (χ4n) is 1.13. The maximum absolute atomic E-state index is 11.4. The van der Waals surface area contributed by atoms with Gasteiger partial charge in [0.1, 0.15) is 5.88 Å². The van der Waals surface area contributed by atoms with Crippen LogP contribution >= 0.6 is 11.6 Å². The van der Waals surface area contributed by atoms with Crippen molar-refractivity contribution < 1.29 is 9.59 Å². The normalized spacial score (nSPS) is 9.73. The summed E-state index contributed by atoms with van der Waals surface area (Å²) in [6, 6.07) is 6.67. The van der Waals surface area contributed by atoms with E-state index in [9.17, 15) is 9.59 Å². The molecule has 0 spiro atoms. The zero-order chi connectivity index (χ0) is 11.3. The van der Waals surface area contributed by atoms with Gasteiger partial charge in [-0.05, 0) is 12.1 Å². The molecule has 0 bridgehead atoms. The number of alkyl halides is 1. The number of para-hydroxylation sites is 1. The van der Waals surface area contributed by atoms with E-state index >= 15 is 0 Å². The first-order chi connectivity index (χ1) is 7.19. The second kappa shape index (κ2) is 5.48. The van der Waals surface area contributed by atoms with Crippen LogP contribution in [0.3, 0.4) is 0 Å². The zero-order valence-electron chi connectivity index (χ0n) is 8.00. The molecule has 0 aliphatic heterocycles. The number of rotatable bonds is 4. The molecule has 1 aromatic rings. The molecule has 0 heterocycles. The zero-order valence-corrected chi connectivity index (χ0v) is 8.75. The standard InChI is InChI=1S/C10H11ClN2O2/c11-5-10(15)13-8-4-2-1-3-7(8)9(14)6-12/h1-4H,5-6,12H2,(H,13,15). The topological polar surface area (TPSA) is 72.2 Å². The van der Waals surface area contributed by atoms with Crippen molar-refractivity contribution in [2.75, 3.05) is 17.7 Å². The minimum absolute atomic E-state index is 0.0895. The number of carbonyl (C=O) groups excluding carboxylic acids is 2. The van der Waals surface area contributed by atoms with E-state index in [0.717, 1.165) is 0 Å². The second-order valence-electron chi connectivity index (χ2n) is 2.85. The molecule has 0 fully saturated rings. The minimum Gasteiger partial charge on any atom is -0.324 e. The molecule has 0 aromatic heterocycles. The van der Waals surface area contributed by atoms with Crippen LogP contribution in [0.15, 0.2) is 24.3 Å². The third-order valence-corrected chi connectivity index (χ3v) is 2.05. The average molecular weight is 227 g/mol. The van der Waals surface area contributed by atoms with Crippen molar-refractivity contribution in [2.24, 2.45) is 5.73 Å². The highest BCUT2D eigenvalue weighted by Gasteiger charge is 2.10. The van der Waals surface area contributed by atoms with E-state index in [1.165, 1.54) is 0 Å². The smallest absolute Gasteiger partial charge is 0.239 e. The van der Waals surface area contributed by atoms with Crippen LogP contribution in [0.4, 0.5) is 5.69 Å². The molecular formula is C10H11ClN2O2. The lowest BCUT2D eigenvalue weighted by Gasteiger charge is -2.07. The Kier molecular flexibility index (Phi) is 4.27. The largest absolute Gasteiger partial charge is 0.324 e. The van der Waals surface area contributed by atoms with Crippen molar-refractivity contribution >= 4 is 29.0 Å². The van der Waals surface area contributed by atoms with Crippen molar-refractivity contribution in [3.05, 3.63) is 29.8 Å². The van der Waals surface area contributed by atoms with Crippen molar-refractivity contribution in [2.45, 2.75) is 0 Å². The highest BCUT2D eigenvalue weighted by Crippen LogP contribution is 2.15. The summed E-state index contributed by atoms with van der Waals surface area (Å²) in [6.07, 6.45) is 0. The summed E-state index contributed by atoms with van der Waals surface area (Å²) in [4.78, 5) is 22.5. The number of ketones is 1. The van der Waals surface area contributed by atoms with Crippen LogP contribution in [0.5, 0.6) is 0 Å². The average Bonchev–Trinajstić information content (AvgIpc) is 2.28. The lowest BCUT2D eigenvalue weighted by molar-refractivity contribution is -0.113. The summed E-state index contributed by atoms with van der Waals surface area (Å²) in [6.45, 7) is -0.0895. The molecule has 0 atom stereocenters. The van der Waals surface area contributed by atoms with Gasteiger partial charge in [-0.1, -0.05) is 12.1 Å². The predicted octanol–water partition coefficient (Wildman–Crippen LogP) is 1.01. The number of benzene rings is 1. The van der Waals surface area contributed by atoms with Crippen LogP contribution in [0.1, 0.15) is 10.4 Å². The van der Waals surface area contributed by atoms with Gasteiger partial charge in [0.25, 0.3) is 0 Å². The lowest BCUT2D eigenvalue weighted by Crippen LogP contribution is -2.19. The fraction of sp³-hybridized carbons (Fsp3) is 0.200. The monoisotopic (exact) mass is 226 g/mol. The number of hydrogen-bond donors (Lipinski definition) is 2. The highest BCUT2D eigenvalue weighted by molar-refractivity contribution is 6.29. The Morgan fingerprint density at radius 3 is 2.60 bits per heavy atom. The number of nitrogens with two attached hydrogens (primary N) is 1. The maximum Gasteiger partial charge on any atom is 0.239 e. The van der Waals surface area contributed by atoms with Gasteiger partial charge < -0.3 is 11.1 Å². The molecule has 0 saturated carbocycles. The van der Waals surface area contributed by atoms with E-state index in [2.05, 4.69) is 5.32 Å². The predicted molar refractivity (Wildman–Crippen MR) is 59.2 cm³/mol. The number of anilines is 1. The summed E-state index contributed by atoms with van der Waals surface area (Å²) in [7, 11) is 0. The Balaban J connectivity index is 2.96. The van der Waals surface area contributed by atoms with Gasteiger partial charge in [-0.25, -0.2) is 0 Å². The Bertz CT molecular complexity index is 379. The Labute approximate surface area is 92.4 Å². The molecule has 1 aromatic carbocycles. The van der Waals surface area contributed by atoms with E-state index in [0.29, 0.717) is 11.3 Å². The SMILES string of the molecule is NCC(=O)c1ccccc1NC(=O)CCl. The summed E-state index contributed by atoms with van der Waals surface area (Å²) in [5.74, 6) is -0.722. The lowest BCUT2D eigenvalue weighted by atomic mass is 10.1. The van der Waals surface area contributed by atoms with Crippen LogP contribution in [0.25, 0.3) is 0 Å². The first-order valence-corrected chi connectivity index (χ1v) is 4.90. The number of Topliss-reactive ketones (excluding diaryl/α,β-unsaturated/α-hetero) is 1. The van der Waals surface area contributed by atoms with Gasteiger partial charge >= 0.3 is 0 Å². The van der Waals surface area contributed by atoms with E-state index in [4.69, 9.17) is 17.3 Å². The third-order valence-electron chi connectivity index (χ3n) is 1.81. The van der Waals surface area contributed by atoms with Gasteiger partial charge in [-0.15, -0.1) is 11.6 Å². The molecule has 3 N–H and O–H groups in total. The van der Waals surface area contributed by atoms with Crippen molar-refractivity contribution in [1.82, 2.24) is 0 Å². The van der Waals surface area contributed by atoms with Crippen molar-refractivity contribution in [3.63, 3.8) is 0 Å². The van der Waals surface area contributed by atoms with E-state index in [1.54, 1.807) is 24.3 Å². The maximum atomic E-state index is 11.4. The van der Waals surface area contributed by atoms with Gasteiger partial charge in [0.15, 0.2) is 5.78 Å².